The van der Waals surface area contributed by atoms with E-state index in [1.165, 1.54) is 0 Å². The molecule has 0 amide bonds. The fourth-order valence-corrected chi connectivity index (χ4v) is 2.33. The van der Waals surface area contributed by atoms with Crippen LogP contribution in [0.1, 0.15) is 0 Å². The quantitative estimate of drug-likeness (QED) is 0.841. The molecule has 2 rings (SSSR count). The molecule has 1 fully saturated rings. The van der Waals surface area contributed by atoms with Gasteiger partial charge in [0.2, 0.25) is 0 Å². The molecule has 1 saturated heterocycles. The Morgan fingerprint density at radius 2 is 1.94 bits per heavy atom. The van der Waals surface area contributed by atoms with Gasteiger partial charge in [-0.2, -0.15) is 0 Å². The normalized spacial score (nSPS) is 17.4. The molecule has 0 N–H and O–H groups in total. The van der Waals surface area contributed by atoms with Crippen LogP contribution in [0.5, 0.6) is 0 Å². The number of piperazine rings is 1. The molecule has 0 saturated carbocycles. The zero-order valence-electron chi connectivity index (χ0n) is 11.1. The largest absolute Gasteiger partial charge is 0.354 e. The Kier molecular flexibility index (Phi) is 4.97. The highest BCUT2D eigenvalue weighted by Crippen LogP contribution is 2.16. The minimum Gasteiger partial charge on any atom is -0.354 e. The molecule has 5 heteroatoms. The third kappa shape index (κ3) is 3.93. The van der Waals surface area contributed by atoms with Crippen molar-refractivity contribution in [3.05, 3.63) is 22.8 Å². The maximum Gasteiger partial charge on any atom is 0.128 e. The Bertz CT molecular complexity index is 358. The summed E-state index contributed by atoms with van der Waals surface area (Å²) in [4.78, 5) is 11.6. The molecule has 0 aromatic carbocycles. The van der Waals surface area contributed by atoms with Gasteiger partial charge in [0.25, 0.3) is 0 Å². The lowest BCUT2D eigenvalue weighted by Crippen LogP contribution is -2.48. The van der Waals surface area contributed by atoms with Crippen molar-refractivity contribution >= 4 is 21.7 Å². The Hall–Kier alpha value is -0.650. The van der Waals surface area contributed by atoms with E-state index in [2.05, 4.69) is 61.8 Å². The first kappa shape index (κ1) is 13.8. The van der Waals surface area contributed by atoms with Crippen molar-refractivity contribution in [2.75, 3.05) is 58.3 Å². The van der Waals surface area contributed by atoms with Gasteiger partial charge in [-0.1, -0.05) is 0 Å². The lowest BCUT2D eigenvalue weighted by molar-refractivity contribution is 0.229. The van der Waals surface area contributed by atoms with E-state index in [9.17, 15) is 0 Å². The van der Waals surface area contributed by atoms with Crippen LogP contribution in [0, 0.1) is 0 Å². The van der Waals surface area contributed by atoms with Gasteiger partial charge in [0.1, 0.15) is 5.82 Å². The summed E-state index contributed by atoms with van der Waals surface area (Å²) in [7, 11) is 4.25. The van der Waals surface area contributed by atoms with Crippen LogP contribution in [0.25, 0.3) is 0 Å². The SMILES string of the molecule is CN(C)CCN1CCN(c2ccc(Br)cn2)CC1. The standard InChI is InChI=1S/C13H21BrN4/c1-16(2)5-6-17-7-9-18(10-8-17)13-4-3-12(14)11-15-13/h3-4,11H,5-10H2,1-2H3. The number of pyridine rings is 1. The van der Waals surface area contributed by atoms with Gasteiger partial charge in [0.05, 0.1) is 0 Å². The monoisotopic (exact) mass is 312 g/mol. The number of aromatic nitrogens is 1. The van der Waals surface area contributed by atoms with E-state index in [1.807, 2.05) is 6.20 Å². The summed E-state index contributed by atoms with van der Waals surface area (Å²) >= 11 is 3.42. The molecular formula is C13H21BrN4. The van der Waals surface area contributed by atoms with Crippen LogP contribution >= 0.6 is 15.9 Å². The molecule has 2 heterocycles. The Labute approximate surface area is 118 Å². The molecule has 0 radical (unpaired) electrons. The van der Waals surface area contributed by atoms with Gasteiger partial charge in [-0.25, -0.2) is 4.98 Å². The number of hydrogen-bond acceptors (Lipinski definition) is 4. The van der Waals surface area contributed by atoms with Crippen LogP contribution in [-0.4, -0.2) is 68.1 Å². The molecule has 1 aliphatic heterocycles. The van der Waals surface area contributed by atoms with E-state index in [0.29, 0.717) is 0 Å². The van der Waals surface area contributed by atoms with Crippen molar-refractivity contribution < 1.29 is 0 Å². The fraction of sp³-hybridized carbons (Fsp3) is 0.615. The van der Waals surface area contributed by atoms with E-state index >= 15 is 0 Å². The molecular weight excluding hydrogens is 292 g/mol. The lowest BCUT2D eigenvalue weighted by atomic mass is 10.3. The maximum absolute atomic E-state index is 4.45. The Morgan fingerprint density at radius 1 is 1.22 bits per heavy atom. The van der Waals surface area contributed by atoms with Crippen molar-refractivity contribution in [1.82, 2.24) is 14.8 Å². The third-order valence-electron chi connectivity index (χ3n) is 3.27. The second kappa shape index (κ2) is 6.50. The maximum atomic E-state index is 4.45. The molecule has 4 nitrogen and oxygen atoms in total. The summed E-state index contributed by atoms with van der Waals surface area (Å²) < 4.78 is 1.04. The number of likely N-dealkylation sites (N-methyl/N-ethyl adjacent to an activating group) is 1. The van der Waals surface area contributed by atoms with Crippen LogP contribution < -0.4 is 4.90 Å². The van der Waals surface area contributed by atoms with E-state index in [0.717, 1.165) is 49.6 Å². The Morgan fingerprint density at radius 3 is 2.50 bits per heavy atom. The van der Waals surface area contributed by atoms with Crippen molar-refractivity contribution in [3.63, 3.8) is 0 Å². The average molecular weight is 313 g/mol. The van der Waals surface area contributed by atoms with Gasteiger partial charge in [0.15, 0.2) is 0 Å². The number of nitrogens with zero attached hydrogens (tertiary/aromatic N) is 4. The lowest BCUT2D eigenvalue weighted by Gasteiger charge is -2.35. The number of rotatable bonds is 4. The second-order valence-electron chi connectivity index (χ2n) is 4.97. The van der Waals surface area contributed by atoms with Crippen LogP contribution in [0.3, 0.4) is 0 Å². The zero-order valence-corrected chi connectivity index (χ0v) is 12.7. The van der Waals surface area contributed by atoms with Gasteiger partial charge in [0, 0.05) is 49.9 Å². The molecule has 1 aromatic rings. The first-order valence-electron chi connectivity index (χ1n) is 6.39. The number of hydrogen-bond donors (Lipinski definition) is 0. The first-order valence-corrected chi connectivity index (χ1v) is 7.18. The summed E-state index contributed by atoms with van der Waals surface area (Å²) in [5.41, 5.74) is 0. The van der Waals surface area contributed by atoms with E-state index < -0.39 is 0 Å². The highest BCUT2D eigenvalue weighted by molar-refractivity contribution is 9.10. The molecule has 0 unspecified atom stereocenters. The molecule has 0 atom stereocenters. The van der Waals surface area contributed by atoms with Crippen LogP contribution in [0.2, 0.25) is 0 Å². The smallest absolute Gasteiger partial charge is 0.128 e. The molecule has 0 spiro atoms. The van der Waals surface area contributed by atoms with Crippen LogP contribution in [0.15, 0.2) is 22.8 Å². The van der Waals surface area contributed by atoms with E-state index in [1.54, 1.807) is 0 Å². The minimum atomic E-state index is 1.04. The molecule has 100 valence electrons. The summed E-state index contributed by atoms with van der Waals surface area (Å²) in [6.07, 6.45) is 1.87. The predicted octanol–water partition coefficient (Wildman–Crippen LogP) is 1.53. The predicted molar refractivity (Wildman–Crippen MR) is 79.1 cm³/mol. The summed E-state index contributed by atoms with van der Waals surface area (Å²) in [5.74, 6) is 1.09. The third-order valence-corrected chi connectivity index (χ3v) is 3.74. The van der Waals surface area contributed by atoms with Crippen LogP contribution in [-0.2, 0) is 0 Å². The second-order valence-corrected chi connectivity index (χ2v) is 5.88. The fourth-order valence-electron chi connectivity index (χ4n) is 2.10. The number of halogens is 1. The summed E-state index contributed by atoms with van der Waals surface area (Å²) in [6.45, 7) is 6.70. The van der Waals surface area contributed by atoms with Gasteiger partial charge in [-0.15, -0.1) is 0 Å². The van der Waals surface area contributed by atoms with Crippen molar-refractivity contribution in [3.8, 4) is 0 Å². The van der Waals surface area contributed by atoms with Gasteiger partial charge >= 0.3 is 0 Å². The van der Waals surface area contributed by atoms with Crippen molar-refractivity contribution in [2.24, 2.45) is 0 Å². The molecule has 18 heavy (non-hydrogen) atoms. The van der Waals surface area contributed by atoms with Gasteiger partial charge < -0.3 is 9.80 Å². The van der Waals surface area contributed by atoms with Crippen LogP contribution in [0.4, 0.5) is 5.82 Å². The average Bonchev–Trinajstić information content (AvgIpc) is 2.38. The van der Waals surface area contributed by atoms with E-state index in [4.69, 9.17) is 0 Å². The molecule has 0 bridgehead atoms. The minimum absolute atomic E-state index is 1.04. The molecule has 0 aliphatic carbocycles. The zero-order chi connectivity index (χ0) is 13.0. The number of anilines is 1. The summed E-state index contributed by atoms with van der Waals surface area (Å²) in [5, 5.41) is 0. The van der Waals surface area contributed by atoms with Gasteiger partial charge in [-0.3, -0.25) is 4.90 Å². The topological polar surface area (TPSA) is 22.6 Å². The van der Waals surface area contributed by atoms with Gasteiger partial charge in [-0.05, 0) is 42.2 Å². The Balaban J connectivity index is 1.81. The summed E-state index contributed by atoms with van der Waals surface area (Å²) in [6, 6.07) is 4.14. The highest BCUT2D eigenvalue weighted by Gasteiger charge is 2.17. The molecule has 1 aliphatic rings. The molecule has 1 aromatic heterocycles. The first-order chi connectivity index (χ1) is 8.65. The van der Waals surface area contributed by atoms with Crippen molar-refractivity contribution in [2.45, 2.75) is 0 Å². The van der Waals surface area contributed by atoms with E-state index in [-0.39, 0.29) is 0 Å². The van der Waals surface area contributed by atoms with Crippen molar-refractivity contribution in [1.29, 1.82) is 0 Å². The highest BCUT2D eigenvalue weighted by atomic mass is 79.9.